The number of nitrogens with one attached hydrogen (secondary N) is 1. The molecule has 19 atom stereocenters. The molecule has 2 unspecified atom stereocenters. The van der Waals surface area contributed by atoms with Crippen molar-refractivity contribution in [1.29, 1.82) is 0 Å². The van der Waals surface area contributed by atoms with Crippen LogP contribution < -0.4 is 5.32 Å². The Labute approximate surface area is 474 Å². The highest BCUT2D eigenvalue weighted by Gasteiger charge is 2.60. The first-order valence-corrected chi connectivity index (χ1v) is 25.6. The van der Waals surface area contributed by atoms with Crippen molar-refractivity contribution >= 4 is 77.6 Å². The van der Waals surface area contributed by atoms with E-state index in [0.29, 0.717) is 0 Å². The van der Waals surface area contributed by atoms with E-state index in [0.717, 1.165) is 90.0 Å². The van der Waals surface area contributed by atoms with Crippen LogP contribution in [0.25, 0.3) is 0 Å². The van der Waals surface area contributed by atoms with E-state index in [2.05, 4.69) is 5.32 Å². The number of ether oxygens (including phenoxy) is 18. The molecule has 3 heterocycles. The second-order valence-electron chi connectivity index (χ2n) is 19.1. The Morgan fingerprint density at radius 2 is 0.699 bits per heavy atom. The zero-order valence-corrected chi connectivity index (χ0v) is 47.8. The molecule has 0 aromatic carbocycles. The van der Waals surface area contributed by atoms with Crippen LogP contribution in [0, 0.1) is 0 Å². The van der Waals surface area contributed by atoms with Gasteiger partial charge in [0.05, 0.1) is 18.2 Å². The van der Waals surface area contributed by atoms with Gasteiger partial charge in [-0.2, -0.15) is 0 Å². The van der Waals surface area contributed by atoms with Crippen LogP contribution in [0.2, 0.25) is 0 Å². The van der Waals surface area contributed by atoms with Gasteiger partial charge in [-0.05, 0) is 6.92 Å². The summed E-state index contributed by atoms with van der Waals surface area (Å²) in [5.74, 6) is -12.6. The van der Waals surface area contributed by atoms with Gasteiger partial charge in [0.25, 0.3) is 0 Å². The van der Waals surface area contributed by atoms with Gasteiger partial charge in [-0.25, -0.2) is 0 Å². The summed E-state index contributed by atoms with van der Waals surface area (Å²) in [5.41, 5.74) is 0.0131. The van der Waals surface area contributed by atoms with E-state index in [4.69, 9.17) is 85.3 Å². The maximum absolute atomic E-state index is 13.2. The van der Waals surface area contributed by atoms with Crippen LogP contribution in [0.5, 0.6) is 0 Å². The third-order valence-corrected chi connectivity index (χ3v) is 12.0. The van der Waals surface area contributed by atoms with Gasteiger partial charge in [-0.15, -0.1) is 0 Å². The number of esters is 13. The molecule has 464 valence electrons. The minimum atomic E-state index is -2.09. The third-order valence-electron chi connectivity index (χ3n) is 12.0. The monoisotopic (exact) mass is 1190 g/mol. The van der Waals surface area contributed by atoms with E-state index >= 15 is 0 Å². The topological polar surface area (TPSA) is 400 Å². The zero-order chi connectivity index (χ0) is 62.3. The summed E-state index contributed by atoms with van der Waals surface area (Å²) in [6.45, 7) is 12.2. The Balaban J connectivity index is 1.93. The minimum Gasteiger partial charge on any atom is -0.463 e. The molecule has 32 nitrogen and oxygen atoms in total. The Kier molecular flexibility index (Phi) is 25.3. The average Bonchev–Trinajstić information content (AvgIpc) is 2.61. The van der Waals surface area contributed by atoms with Gasteiger partial charge in [0.15, 0.2) is 61.4 Å². The second kappa shape index (κ2) is 30.8. The Morgan fingerprint density at radius 3 is 1.11 bits per heavy atom. The fraction of sp³-hybridized carbons (Fsp3) is 0.706. The van der Waals surface area contributed by atoms with E-state index < -0.39 is 214 Å². The molecule has 1 N–H and O–H groups in total. The zero-order valence-electron chi connectivity index (χ0n) is 47.8. The predicted octanol–water partition coefficient (Wildman–Crippen LogP) is -1.14. The van der Waals surface area contributed by atoms with Gasteiger partial charge in [-0.1, -0.05) is 6.08 Å². The van der Waals surface area contributed by atoms with Crippen LogP contribution in [-0.4, -0.2) is 214 Å². The first-order valence-electron chi connectivity index (χ1n) is 25.6. The molecule has 4 rings (SSSR count). The molecule has 0 aromatic heterocycles. The molecule has 0 radical (unpaired) electrons. The summed E-state index contributed by atoms with van der Waals surface area (Å²) in [5, 5.41) is 3.13. The van der Waals surface area contributed by atoms with E-state index in [-0.39, 0.29) is 5.57 Å². The molecule has 3 aliphatic heterocycles. The number of carbonyl (C=O) groups is 13. The molecule has 4 aliphatic rings. The SMILES string of the molecule is CC(=O)OCC1=C[C@H](N[C@H]2[C@H](OC(C)=O)[C@@H](OC(C)=O)[C@@H](O[C@@H]3C(COC(C)=O)O[C@H](O[C@@H]4C(COC(C)=O)O[C@@H](OC(C)=O)[C@H](OC(C)=O)[C@H]4OC(C)=O)[C@H](OC(C)=O)[C@H]3OC(C)=O)O[C@@H]2C)[C@H](OC(C)=O)[C@@H](OC(C)=O)[C@H]1OC(C)=O. The van der Waals surface area contributed by atoms with Crippen molar-refractivity contribution in [3.8, 4) is 0 Å². The molecule has 32 heteroatoms. The lowest BCUT2D eigenvalue weighted by molar-refractivity contribution is -0.375. The average molecular weight is 1190 g/mol. The van der Waals surface area contributed by atoms with E-state index in [1.807, 2.05) is 0 Å². The van der Waals surface area contributed by atoms with Gasteiger partial charge in [0, 0.05) is 95.6 Å². The van der Waals surface area contributed by atoms with E-state index in [1.54, 1.807) is 0 Å². The fourth-order valence-corrected chi connectivity index (χ4v) is 9.36. The van der Waals surface area contributed by atoms with Gasteiger partial charge >= 0.3 is 77.6 Å². The molecule has 83 heavy (non-hydrogen) atoms. The number of hydrogen-bond acceptors (Lipinski definition) is 32. The van der Waals surface area contributed by atoms with Crippen LogP contribution in [0.3, 0.4) is 0 Å². The normalized spacial score (nSPS) is 32.0. The minimum absolute atomic E-state index is 0.0131. The lowest BCUT2D eigenvalue weighted by Crippen LogP contribution is -2.70. The first-order chi connectivity index (χ1) is 38.8. The second-order valence-corrected chi connectivity index (χ2v) is 19.1. The maximum Gasteiger partial charge on any atom is 0.305 e. The summed E-state index contributed by atoms with van der Waals surface area (Å²) in [6, 6.07) is -2.75. The standard InChI is InChI=1S/C51H69NO31/c1-19-37(52-34-15-33(16-66-20(2)53)38(70-23(5)56)43(73-26(8)59)39(34)71-24(6)57)42(72-25(7)58)46(76-29(11)62)49(69-19)82-40-36(18-68-22(4)55)81-51(48(78-31(13)64)45(40)75-28(10)61)83-41-35(17-67-21(3)54)80-50(79-32(14)65)47(77-30(12)63)44(41)74-27(9)60/h15,19,34-52H,16-18H2,1-14H3/t19-,34+,35?,36?,37-,38+,39+,40-,41-,42+,43+,44+,45+,46-,47-,48-,49-,50-,51-/m1/s1. The number of hydrogen-bond donors (Lipinski definition) is 1. The fourth-order valence-electron chi connectivity index (χ4n) is 9.36. The van der Waals surface area contributed by atoms with Crippen molar-refractivity contribution in [1.82, 2.24) is 5.32 Å². The van der Waals surface area contributed by atoms with Gasteiger partial charge in [0.1, 0.15) is 44.2 Å². The summed E-state index contributed by atoms with van der Waals surface area (Å²) in [7, 11) is 0. The molecule has 0 aromatic rings. The predicted molar refractivity (Wildman–Crippen MR) is 262 cm³/mol. The molecule has 0 saturated carbocycles. The van der Waals surface area contributed by atoms with Crippen LogP contribution in [0.1, 0.15) is 96.9 Å². The summed E-state index contributed by atoms with van der Waals surface area (Å²) in [4.78, 5) is 165. The molecular weight excluding hydrogens is 1120 g/mol. The summed E-state index contributed by atoms with van der Waals surface area (Å²) >= 11 is 0. The highest BCUT2D eigenvalue weighted by Crippen LogP contribution is 2.39. The number of carbonyl (C=O) groups excluding carboxylic acids is 13. The van der Waals surface area contributed by atoms with Crippen molar-refractivity contribution in [2.75, 3.05) is 19.8 Å². The summed E-state index contributed by atoms with van der Waals surface area (Å²) in [6.07, 6.45) is -29.1. The van der Waals surface area contributed by atoms with Crippen molar-refractivity contribution in [3.63, 3.8) is 0 Å². The molecule has 3 fully saturated rings. The molecule has 0 bridgehead atoms. The maximum atomic E-state index is 13.2. The van der Waals surface area contributed by atoms with Crippen molar-refractivity contribution in [3.05, 3.63) is 11.6 Å². The lowest BCUT2D eigenvalue weighted by atomic mass is 9.85. The third kappa shape index (κ3) is 20.2. The molecule has 1 aliphatic carbocycles. The highest BCUT2D eigenvalue weighted by molar-refractivity contribution is 5.71. The van der Waals surface area contributed by atoms with Crippen molar-refractivity contribution in [2.24, 2.45) is 0 Å². The van der Waals surface area contributed by atoms with Crippen LogP contribution in [-0.2, 0) is 148 Å². The quantitative estimate of drug-likeness (QED) is 0.0760. The van der Waals surface area contributed by atoms with Crippen molar-refractivity contribution < 1.29 is 148 Å². The van der Waals surface area contributed by atoms with Crippen molar-refractivity contribution in [2.45, 2.75) is 213 Å². The number of rotatable bonds is 22. The van der Waals surface area contributed by atoms with E-state index in [9.17, 15) is 62.3 Å². The van der Waals surface area contributed by atoms with Crippen LogP contribution in [0.15, 0.2) is 11.6 Å². The Hall–Kier alpha value is -7.39. The largest absolute Gasteiger partial charge is 0.463 e. The molecule has 0 amide bonds. The Morgan fingerprint density at radius 1 is 0.361 bits per heavy atom. The van der Waals surface area contributed by atoms with Crippen LogP contribution in [0.4, 0.5) is 0 Å². The van der Waals surface area contributed by atoms with Gasteiger partial charge in [-0.3, -0.25) is 67.6 Å². The van der Waals surface area contributed by atoms with Gasteiger partial charge in [0.2, 0.25) is 12.4 Å². The molecule has 3 saturated heterocycles. The molecule has 0 spiro atoms. The first kappa shape index (κ1) is 68.1. The van der Waals surface area contributed by atoms with Crippen LogP contribution >= 0.6 is 0 Å². The Bertz CT molecular complexity index is 2460. The smallest absolute Gasteiger partial charge is 0.305 e. The lowest BCUT2D eigenvalue weighted by Gasteiger charge is -2.51. The molecular formula is C51H69NO31. The van der Waals surface area contributed by atoms with Gasteiger partial charge < -0.3 is 85.3 Å². The van der Waals surface area contributed by atoms with E-state index in [1.165, 1.54) is 13.0 Å². The summed E-state index contributed by atoms with van der Waals surface area (Å²) < 4.78 is 104. The highest BCUT2D eigenvalue weighted by atomic mass is 16.8.